The number of thioether (sulfide) groups is 1. The SMILES string of the molecule is O=C(O)CSC1CCCc2cc(OCc3ccc4ccccc4n3)ccc21. The van der Waals surface area contributed by atoms with E-state index in [-0.39, 0.29) is 11.0 Å². The molecule has 1 atom stereocenters. The Hall–Kier alpha value is -2.53. The van der Waals surface area contributed by atoms with Gasteiger partial charge in [-0.25, -0.2) is 4.98 Å². The van der Waals surface area contributed by atoms with Crippen molar-refractivity contribution in [3.63, 3.8) is 0 Å². The average Bonchev–Trinajstić information content (AvgIpc) is 2.70. The summed E-state index contributed by atoms with van der Waals surface area (Å²) in [6, 6.07) is 18.3. The lowest BCUT2D eigenvalue weighted by atomic mass is 9.91. The van der Waals surface area contributed by atoms with E-state index >= 15 is 0 Å². The second-order valence-corrected chi connectivity index (χ2v) is 7.92. The second-order valence-electron chi connectivity index (χ2n) is 6.73. The summed E-state index contributed by atoms with van der Waals surface area (Å²) in [5.74, 6) is 0.234. The summed E-state index contributed by atoms with van der Waals surface area (Å²) in [7, 11) is 0. The van der Waals surface area contributed by atoms with Crippen LogP contribution >= 0.6 is 11.8 Å². The number of rotatable bonds is 6. The Morgan fingerprint density at radius 1 is 1.19 bits per heavy atom. The Morgan fingerprint density at radius 2 is 2.07 bits per heavy atom. The highest BCUT2D eigenvalue weighted by molar-refractivity contribution is 8.00. The summed E-state index contributed by atoms with van der Waals surface area (Å²) >= 11 is 1.51. The zero-order valence-corrected chi connectivity index (χ0v) is 15.7. The van der Waals surface area contributed by atoms with Crippen LogP contribution < -0.4 is 4.74 Å². The predicted molar refractivity (Wildman–Crippen MR) is 108 cm³/mol. The zero-order valence-electron chi connectivity index (χ0n) is 14.9. The van der Waals surface area contributed by atoms with Crippen LogP contribution in [0.15, 0.2) is 54.6 Å². The van der Waals surface area contributed by atoms with Gasteiger partial charge in [-0.2, -0.15) is 0 Å². The molecule has 4 nitrogen and oxygen atoms in total. The maximum Gasteiger partial charge on any atom is 0.313 e. The molecule has 1 N–H and O–H groups in total. The number of benzene rings is 2. The number of aliphatic carboxylic acids is 1. The number of ether oxygens (including phenoxy) is 1. The summed E-state index contributed by atoms with van der Waals surface area (Å²) in [5.41, 5.74) is 4.40. The molecule has 0 aliphatic heterocycles. The van der Waals surface area contributed by atoms with Gasteiger partial charge < -0.3 is 9.84 Å². The fourth-order valence-electron chi connectivity index (χ4n) is 3.53. The van der Waals surface area contributed by atoms with E-state index < -0.39 is 5.97 Å². The Balaban J connectivity index is 1.45. The molecule has 1 aliphatic carbocycles. The number of aryl methyl sites for hydroxylation is 1. The number of carbonyl (C=O) groups is 1. The number of pyridine rings is 1. The fourth-order valence-corrected chi connectivity index (χ4v) is 4.61. The summed E-state index contributed by atoms with van der Waals surface area (Å²) in [4.78, 5) is 15.5. The van der Waals surface area contributed by atoms with Crippen molar-refractivity contribution in [2.75, 3.05) is 5.75 Å². The molecular weight excluding hydrogens is 358 g/mol. The molecule has 5 heteroatoms. The van der Waals surface area contributed by atoms with Gasteiger partial charge in [0.15, 0.2) is 0 Å². The number of carboxylic acids is 1. The van der Waals surface area contributed by atoms with Gasteiger partial charge in [-0.3, -0.25) is 4.79 Å². The summed E-state index contributed by atoms with van der Waals surface area (Å²) in [5, 5.41) is 10.3. The van der Waals surface area contributed by atoms with Crippen LogP contribution in [0.2, 0.25) is 0 Å². The fraction of sp³-hybridized carbons (Fsp3) is 0.273. The molecule has 138 valence electrons. The summed E-state index contributed by atoms with van der Waals surface area (Å²) in [6.07, 6.45) is 3.14. The molecule has 4 rings (SSSR count). The normalized spacial score (nSPS) is 16.1. The van der Waals surface area contributed by atoms with E-state index in [1.807, 2.05) is 30.3 Å². The third-order valence-corrected chi connectivity index (χ3v) is 6.13. The van der Waals surface area contributed by atoms with E-state index in [0.29, 0.717) is 6.61 Å². The van der Waals surface area contributed by atoms with Crippen LogP contribution in [0.1, 0.15) is 34.9 Å². The topological polar surface area (TPSA) is 59.4 Å². The molecule has 0 radical (unpaired) electrons. The van der Waals surface area contributed by atoms with Gasteiger partial charge in [-0.1, -0.05) is 30.3 Å². The minimum atomic E-state index is -0.755. The quantitative estimate of drug-likeness (QED) is 0.652. The molecule has 0 fully saturated rings. The Bertz CT molecular complexity index is 973. The van der Waals surface area contributed by atoms with Gasteiger partial charge in [-0.15, -0.1) is 11.8 Å². The van der Waals surface area contributed by atoms with Gasteiger partial charge >= 0.3 is 5.97 Å². The first-order valence-electron chi connectivity index (χ1n) is 9.13. The minimum Gasteiger partial charge on any atom is -0.487 e. The summed E-state index contributed by atoms with van der Waals surface area (Å²) < 4.78 is 5.98. The number of nitrogens with zero attached hydrogens (tertiary/aromatic N) is 1. The summed E-state index contributed by atoms with van der Waals surface area (Å²) in [6.45, 7) is 0.431. The van der Waals surface area contributed by atoms with Crippen LogP contribution in [0.5, 0.6) is 5.75 Å². The van der Waals surface area contributed by atoms with Crippen molar-refractivity contribution in [3.05, 3.63) is 71.4 Å². The molecule has 0 saturated carbocycles. The molecule has 0 spiro atoms. The molecular formula is C22H21NO3S. The molecule has 1 aromatic heterocycles. The number of fused-ring (bicyclic) bond motifs is 2. The van der Waals surface area contributed by atoms with Gasteiger partial charge in [0.1, 0.15) is 12.4 Å². The van der Waals surface area contributed by atoms with Crippen LogP contribution in [0.4, 0.5) is 0 Å². The number of carboxylic acid groups (broad SMARTS) is 1. The molecule has 1 aliphatic rings. The number of hydrogen-bond donors (Lipinski definition) is 1. The first kappa shape index (κ1) is 17.9. The molecule has 0 amide bonds. The molecule has 0 saturated heterocycles. The molecule has 2 aromatic carbocycles. The van der Waals surface area contributed by atoms with Crippen LogP contribution in [-0.2, 0) is 17.8 Å². The van der Waals surface area contributed by atoms with E-state index in [4.69, 9.17) is 9.84 Å². The highest BCUT2D eigenvalue weighted by Gasteiger charge is 2.21. The van der Waals surface area contributed by atoms with E-state index in [2.05, 4.69) is 29.2 Å². The monoisotopic (exact) mass is 379 g/mol. The van der Waals surface area contributed by atoms with Crippen molar-refractivity contribution >= 4 is 28.6 Å². The average molecular weight is 379 g/mol. The smallest absolute Gasteiger partial charge is 0.313 e. The van der Waals surface area contributed by atoms with Gasteiger partial charge in [-0.05, 0) is 54.7 Å². The van der Waals surface area contributed by atoms with E-state index in [0.717, 1.165) is 41.6 Å². The largest absolute Gasteiger partial charge is 0.487 e. The van der Waals surface area contributed by atoms with Crippen molar-refractivity contribution < 1.29 is 14.6 Å². The number of hydrogen-bond acceptors (Lipinski definition) is 4. The lowest BCUT2D eigenvalue weighted by Gasteiger charge is -2.25. The molecule has 1 heterocycles. The van der Waals surface area contributed by atoms with Crippen LogP contribution in [-0.4, -0.2) is 21.8 Å². The lowest BCUT2D eigenvalue weighted by Crippen LogP contribution is -2.10. The third kappa shape index (κ3) is 4.25. The number of aromatic nitrogens is 1. The Morgan fingerprint density at radius 3 is 2.96 bits per heavy atom. The van der Waals surface area contributed by atoms with Crippen molar-refractivity contribution in [2.24, 2.45) is 0 Å². The Labute approximate surface area is 162 Å². The molecule has 0 bridgehead atoms. The van der Waals surface area contributed by atoms with Crippen molar-refractivity contribution in [3.8, 4) is 5.75 Å². The van der Waals surface area contributed by atoms with Crippen LogP contribution in [0.3, 0.4) is 0 Å². The number of para-hydroxylation sites is 1. The third-order valence-electron chi connectivity index (χ3n) is 4.82. The second kappa shape index (κ2) is 8.01. The lowest BCUT2D eigenvalue weighted by molar-refractivity contribution is -0.133. The van der Waals surface area contributed by atoms with E-state index in [1.165, 1.54) is 22.9 Å². The maximum atomic E-state index is 10.9. The van der Waals surface area contributed by atoms with Crippen molar-refractivity contribution in [1.29, 1.82) is 0 Å². The zero-order chi connectivity index (χ0) is 18.6. The molecule has 3 aromatic rings. The Kier molecular flexibility index (Phi) is 5.30. The van der Waals surface area contributed by atoms with Crippen molar-refractivity contribution in [2.45, 2.75) is 31.1 Å². The minimum absolute atomic E-state index is 0.149. The molecule has 27 heavy (non-hydrogen) atoms. The first-order chi connectivity index (χ1) is 13.2. The predicted octanol–water partition coefficient (Wildman–Crippen LogP) is 5.01. The van der Waals surface area contributed by atoms with Gasteiger partial charge in [0.05, 0.1) is 17.0 Å². The van der Waals surface area contributed by atoms with Crippen molar-refractivity contribution in [1.82, 2.24) is 4.98 Å². The standard InChI is InChI=1S/C22H21NO3S/c24-22(25)14-27-21-7-3-5-16-12-18(10-11-19(16)21)26-13-17-9-8-15-4-1-2-6-20(15)23-17/h1-2,4,6,8-12,21H,3,5,7,13-14H2,(H,24,25). The first-order valence-corrected chi connectivity index (χ1v) is 10.2. The highest BCUT2D eigenvalue weighted by Crippen LogP contribution is 2.40. The van der Waals surface area contributed by atoms with Crippen LogP contribution in [0, 0.1) is 0 Å². The van der Waals surface area contributed by atoms with E-state index in [9.17, 15) is 4.79 Å². The molecule has 1 unspecified atom stereocenters. The van der Waals surface area contributed by atoms with Gasteiger partial charge in [0, 0.05) is 10.6 Å². The van der Waals surface area contributed by atoms with Crippen LogP contribution in [0.25, 0.3) is 10.9 Å². The van der Waals surface area contributed by atoms with Gasteiger partial charge in [0.2, 0.25) is 0 Å². The highest BCUT2D eigenvalue weighted by atomic mass is 32.2. The maximum absolute atomic E-state index is 10.9. The van der Waals surface area contributed by atoms with E-state index in [1.54, 1.807) is 0 Å². The van der Waals surface area contributed by atoms with Gasteiger partial charge in [0.25, 0.3) is 0 Å².